The number of pyridine rings is 1. The minimum absolute atomic E-state index is 0.174. The Labute approximate surface area is 135 Å². The van der Waals surface area contributed by atoms with Gasteiger partial charge in [0.1, 0.15) is 0 Å². The first-order valence-corrected chi connectivity index (χ1v) is 7.38. The number of H-pyrrole nitrogens is 1. The molecule has 7 heteroatoms. The summed E-state index contributed by atoms with van der Waals surface area (Å²) in [6.45, 7) is 0. The van der Waals surface area contributed by atoms with Gasteiger partial charge < -0.3 is 0 Å². The maximum absolute atomic E-state index is 12.0. The lowest BCUT2D eigenvalue weighted by atomic mass is 10.1. The molecule has 2 aromatic heterocycles. The molecule has 0 spiro atoms. The number of benzene rings is 1. The number of carbonyl (C=O) groups is 1. The van der Waals surface area contributed by atoms with Gasteiger partial charge >= 0.3 is 0 Å². The van der Waals surface area contributed by atoms with E-state index < -0.39 is 0 Å². The van der Waals surface area contributed by atoms with Gasteiger partial charge in [0.25, 0.3) is 0 Å². The van der Waals surface area contributed by atoms with E-state index in [-0.39, 0.29) is 18.3 Å². The number of halogens is 1. The van der Waals surface area contributed by atoms with E-state index in [1.54, 1.807) is 12.4 Å². The van der Waals surface area contributed by atoms with Crippen molar-refractivity contribution >= 4 is 27.8 Å². The highest BCUT2D eigenvalue weighted by Crippen LogP contribution is 2.17. The second-order valence-corrected chi connectivity index (χ2v) is 5.41. The quantitative estimate of drug-likeness (QED) is 0.751. The lowest BCUT2D eigenvalue weighted by Gasteiger charge is -2.03. The predicted octanol–water partition coefficient (Wildman–Crippen LogP) is 2.81. The zero-order chi connectivity index (χ0) is 15.4. The molecule has 22 heavy (non-hydrogen) atoms. The summed E-state index contributed by atoms with van der Waals surface area (Å²) in [7, 11) is 0. The number of aromatic amines is 1. The molecule has 6 nitrogen and oxygen atoms in total. The third-order valence-corrected chi connectivity index (χ3v) is 3.77. The second kappa shape index (κ2) is 6.48. The first-order chi connectivity index (χ1) is 10.7. The Kier molecular flexibility index (Phi) is 4.24. The van der Waals surface area contributed by atoms with E-state index >= 15 is 0 Å². The first kappa shape index (κ1) is 14.4. The Balaban J connectivity index is 1.68. The lowest BCUT2D eigenvalue weighted by molar-refractivity contribution is -0.115. The summed E-state index contributed by atoms with van der Waals surface area (Å²) in [5.74, 6) is 0.662. The third-order valence-electron chi connectivity index (χ3n) is 3.00. The van der Waals surface area contributed by atoms with Crippen molar-refractivity contribution in [3.05, 3.63) is 58.8 Å². The average molecular weight is 358 g/mol. The fraction of sp³-hybridized carbons (Fsp3) is 0.0667. The minimum Gasteiger partial charge on any atom is -0.293 e. The SMILES string of the molecule is O=C(Cc1ccccc1Br)Nc1n[nH]c(-c2ccncc2)n1. The van der Waals surface area contributed by atoms with Crippen molar-refractivity contribution in [3.63, 3.8) is 0 Å². The highest BCUT2D eigenvalue weighted by Gasteiger charge is 2.10. The van der Waals surface area contributed by atoms with Crippen molar-refractivity contribution in [2.45, 2.75) is 6.42 Å². The van der Waals surface area contributed by atoms with Crippen molar-refractivity contribution in [1.82, 2.24) is 20.2 Å². The molecule has 0 saturated heterocycles. The largest absolute Gasteiger partial charge is 0.293 e. The van der Waals surface area contributed by atoms with Crippen LogP contribution in [0.4, 0.5) is 5.95 Å². The molecule has 0 fully saturated rings. The van der Waals surface area contributed by atoms with E-state index in [0.29, 0.717) is 5.82 Å². The summed E-state index contributed by atoms with van der Waals surface area (Å²) in [5, 5.41) is 9.47. The standard InChI is InChI=1S/C15H12BrN5O/c16-12-4-2-1-3-11(12)9-13(22)18-15-19-14(20-21-15)10-5-7-17-8-6-10/h1-8H,9H2,(H2,18,19,20,21,22). The molecule has 3 aromatic rings. The van der Waals surface area contributed by atoms with Crippen LogP contribution in [0.1, 0.15) is 5.56 Å². The number of aromatic nitrogens is 4. The van der Waals surface area contributed by atoms with E-state index in [2.05, 4.69) is 41.4 Å². The number of hydrogen-bond acceptors (Lipinski definition) is 4. The molecule has 0 atom stereocenters. The first-order valence-electron chi connectivity index (χ1n) is 6.58. The third kappa shape index (κ3) is 3.37. The number of hydrogen-bond donors (Lipinski definition) is 2. The number of carbonyl (C=O) groups excluding carboxylic acids is 1. The van der Waals surface area contributed by atoms with Crippen molar-refractivity contribution in [1.29, 1.82) is 0 Å². The molecule has 0 aliphatic heterocycles. The number of nitrogens with one attached hydrogen (secondary N) is 2. The van der Waals surface area contributed by atoms with Gasteiger partial charge in [-0.2, -0.15) is 4.98 Å². The van der Waals surface area contributed by atoms with Crippen molar-refractivity contribution in [3.8, 4) is 11.4 Å². The second-order valence-electron chi connectivity index (χ2n) is 4.56. The van der Waals surface area contributed by atoms with Crippen LogP contribution >= 0.6 is 15.9 Å². The maximum Gasteiger partial charge on any atom is 0.249 e. The summed E-state index contributed by atoms with van der Waals surface area (Å²) >= 11 is 3.42. The normalized spacial score (nSPS) is 10.4. The summed E-state index contributed by atoms with van der Waals surface area (Å²) < 4.78 is 0.901. The molecule has 0 bridgehead atoms. The van der Waals surface area contributed by atoms with Crippen molar-refractivity contribution in [2.24, 2.45) is 0 Å². The van der Waals surface area contributed by atoms with Gasteiger partial charge in [0.2, 0.25) is 11.9 Å². The fourth-order valence-corrected chi connectivity index (χ4v) is 2.37. The Morgan fingerprint density at radius 2 is 1.95 bits per heavy atom. The molecule has 110 valence electrons. The maximum atomic E-state index is 12.0. The van der Waals surface area contributed by atoms with Crippen molar-refractivity contribution < 1.29 is 4.79 Å². The molecule has 2 heterocycles. The van der Waals surface area contributed by atoms with Crippen LogP contribution in [0.25, 0.3) is 11.4 Å². The predicted molar refractivity (Wildman–Crippen MR) is 86.1 cm³/mol. The van der Waals surface area contributed by atoms with Crippen LogP contribution in [-0.2, 0) is 11.2 Å². The van der Waals surface area contributed by atoms with E-state index in [0.717, 1.165) is 15.6 Å². The molecule has 1 aromatic carbocycles. The smallest absolute Gasteiger partial charge is 0.249 e. The van der Waals surface area contributed by atoms with E-state index in [4.69, 9.17) is 0 Å². The number of rotatable bonds is 4. The van der Waals surface area contributed by atoms with Gasteiger partial charge in [-0.15, -0.1) is 5.10 Å². The van der Waals surface area contributed by atoms with Crippen LogP contribution in [0.5, 0.6) is 0 Å². The molecule has 0 aliphatic rings. The molecule has 1 amide bonds. The Morgan fingerprint density at radius 3 is 2.73 bits per heavy atom. The number of anilines is 1. The van der Waals surface area contributed by atoms with Crippen LogP contribution in [0.3, 0.4) is 0 Å². The fourth-order valence-electron chi connectivity index (χ4n) is 1.94. The molecule has 0 aliphatic carbocycles. The number of amides is 1. The molecule has 0 saturated carbocycles. The summed E-state index contributed by atoms with van der Waals surface area (Å²) in [4.78, 5) is 20.2. The zero-order valence-corrected chi connectivity index (χ0v) is 13.0. The monoisotopic (exact) mass is 357 g/mol. The zero-order valence-electron chi connectivity index (χ0n) is 11.5. The van der Waals surface area contributed by atoms with E-state index in [9.17, 15) is 4.79 Å². The van der Waals surface area contributed by atoms with E-state index in [1.165, 1.54) is 0 Å². The molecule has 0 radical (unpaired) electrons. The highest BCUT2D eigenvalue weighted by molar-refractivity contribution is 9.10. The molecule has 2 N–H and O–H groups in total. The van der Waals surface area contributed by atoms with Crippen LogP contribution in [0.2, 0.25) is 0 Å². The van der Waals surface area contributed by atoms with E-state index in [1.807, 2.05) is 36.4 Å². The molecular weight excluding hydrogens is 346 g/mol. The number of nitrogens with zero attached hydrogens (tertiary/aromatic N) is 3. The Morgan fingerprint density at radius 1 is 1.18 bits per heavy atom. The van der Waals surface area contributed by atoms with Crippen LogP contribution in [0, 0.1) is 0 Å². The van der Waals surface area contributed by atoms with Crippen molar-refractivity contribution in [2.75, 3.05) is 5.32 Å². The van der Waals surface area contributed by atoms with Gasteiger partial charge in [0.05, 0.1) is 6.42 Å². The van der Waals surface area contributed by atoms with Gasteiger partial charge in [0.15, 0.2) is 5.82 Å². The highest BCUT2D eigenvalue weighted by atomic mass is 79.9. The minimum atomic E-state index is -0.174. The molecule has 0 unspecified atom stereocenters. The topological polar surface area (TPSA) is 83.6 Å². The van der Waals surface area contributed by atoms with Crippen LogP contribution in [-0.4, -0.2) is 26.1 Å². The van der Waals surface area contributed by atoms with Gasteiger partial charge in [-0.1, -0.05) is 34.1 Å². The lowest BCUT2D eigenvalue weighted by Crippen LogP contribution is -2.15. The Bertz CT molecular complexity index is 787. The van der Waals surface area contributed by atoms with Gasteiger partial charge in [-0.25, -0.2) is 0 Å². The van der Waals surface area contributed by atoms with Gasteiger partial charge in [0, 0.05) is 22.4 Å². The van der Waals surface area contributed by atoms with Crippen LogP contribution in [0.15, 0.2) is 53.3 Å². The average Bonchev–Trinajstić information content (AvgIpc) is 2.99. The van der Waals surface area contributed by atoms with Crippen LogP contribution < -0.4 is 5.32 Å². The van der Waals surface area contributed by atoms with Gasteiger partial charge in [-0.05, 0) is 23.8 Å². The van der Waals surface area contributed by atoms with Gasteiger partial charge in [-0.3, -0.25) is 20.2 Å². The Hall–Kier alpha value is -2.54. The summed E-state index contributed by atoms with van der Waals surface area (Å²) in [5.41, 5.74) is 1.76. The molecular formula is C15H12BrN5O. The summed E-state index contributed by atoms with van der Waals surface area (Å²) in [6.07, 6.45) is 3.59. The molecule has 3 rings (SSSR count). The summed E-state index contributed by atoms with van der Waals surface area (Å²) in [6, 6.07) is 11.2.